The van der Waals surface area contributed by atoms with Crippen molar-refractivity contribution >= 4 is 12.4 Å². The summed E-state index contributed by atoms with van der Waals surface area (Å²) in [5.41, 5.74) is 1.89. The predicted molar refractivity (Wildman–Crippen MR) is 100 cm³/mol. The lowest BCUT2D eigenvalue weighted by Gasteiger charge is -2.34. The first-order chi connectivity index (χ1) is 11.2. The maximum Gasteiger partial charge on any atom is 0.161 e. The van der Waals surface area contributed by atoms with Crippen LogP contribution in [0, 0.1) is 5.41 Å². The summed E-state index contributed by atoms with van der Waals surface area (Å²) < 4.78 is 11.4. The van der Waals surface area contributed by atoms with E-state index < -0.39 is 0 Å². The molecule has 0 aromatic heterocycles. The van der Waals surface area contributed by atoms with E-state index in [1.807, 2.05) is 13.8 Å². The molecule has 1 aromatic rings. The van der Waals surface area contributed by atoms with E-state index in [4.69, 9.17) is 9.47 Å². The molecule has 0 saturated carbocycles. The lowest BCUT2D eigenvalue weighted by Crippen LogP contribution is -2.38. The third-order valence-electron chi connectivity index (χ3n) is 5.20. The first kappa shape index (κ1) is 19.4. The fourth-order valence-corrected chi connectivity index (χ4v) is 3.98. The summed E-state index contributed by atoms with van der Waals surface area (Å²) in [5, 5.41) is 3.49. The second-order valence-electron chi connectivity index (χ2n) is 6.86. The molecule has 1 N–H and O–H groups in total. The third kappa shape index (κ3) is 4.56. The van der Waals surface area contributed by atoms with Crippen molar-refractivity contribution in [2.45, 2.75) is 39.7 Å². The molecule has 2 aliphatic rings. The van der Waals surface area contributed by atoms with Gasteiger partial charge in [0.1, 0.15) is 0 Å². The fourth-order valence-electron chi connectivity index (χ4n) is 3.98. The molecule has 1 aromatic carbocycles. The monoisotopic (exact) mass is 354 g/mol. The summed E-state index contributed by atoms with van der Waals surface area (Å²) in [6.45, 7) is 11.2. The molecule has 0 bridgehead atoms. The smallest absolute Gasteiger partial charge is 0.161 e. The highest BCUT2D eigenvalue weighted by atomic mass is 35.5. The predicted octanol–water partition coefficient (Wildman–Crippen LogP) is 3.48. The van der Waals surface area contributed by atoms with Crippen LogP contribution in [0.5, 0.6) is 11.5 Å². The first-order valence-corrected chi connectivity index (χ1v) is 9.06. The standard InChI is InChI=1S/C19H30N2O2.ClH/c1-3-22-17-6-5-16(13-18(17)23-4-2)14-21-12-9-19(15-21)7-10-20-11-8-19;/h5-6,13,20H,3-4,7-12,14-15H2,1-2H3;1H. The molecule has 0 radical (unpaired) electrons. The number of rotatable bonds is 6. The lowest BCUT2D eigenvalue weighted by molar-refractivity contribution is 0.194. The Hall–Kier alpha value is -0.970. The Balaban J connectivity index is 0.00000208. The molecule has 2 saturated heterocycles. The van der Waals surface area contributed by atoms with Gasteiger partial charge in [-0.05, 0) is 75.9 Å². The molecule has 0 atom stereocenters. The van der Waals surface area contributed by atoms with Gasteiger partial charge in [0.2, 0.25) is 0 Å². The Kier molecular flexibility index (Phi) is 7.20. The number of likely N-dealkylation sites (tertiary alicyclic amines) is 1. The van der Waals surface area contributed by atoms with Gasteiger partial charge in [0.25, 0.3) is 0 Å². The van der Waals surface area contributed by atoms with E-state index in [0.717, 1.165) is 18.0 Å². The van der Waals surface area contributed by atoms with E-state index in [9.17, 15) is 0 Å². The summed E-state index contributed by atoms with van der Waals surface area (Å²) in [4.78, 5) is 2.61. The summed E-state index contributed by atoms with van der Waals surface area (Å²) >= 11 is 0. The van der Waals surface area contributed by atoms with E-state index in [1.165, 1.54) is 51.0 Å². The zero-order chi connectivity index (χ0) is 16.1. The number of benzene rings is 1. The molecule has 2 fully saturated rings. The molecule has 3 rings (SSSR count). The van der Waals surface area contributed by atoms with Crippen molar-refractivity contribution in [3.05, 3.63) is 23.8 Å². The van der Waals surface area contributed by atoms with Crippen molar-refractivity contribution in [1.29, 1.82) is 0 Å². The van der Waals surface area contributed by atoms with Crippen LogP contribution in [0.4, 0.5) is 0 Å². The number of ether oxygens (including phenoxy) is 2. The molecule has 4 nitrogen and oxygen atoms in total. The lowest BCUT2D eigenvalue weighted by atomic mass is 9.78. The molecule has 2 heterocycles. The molecule has 2 aliphatic heterocycles. The van der Waals surface area contributed by atoms with Crippen molar-refractivity contribution in [3.8, 4) is 11.5 Å². The zero-order valence-corrected chi connectivity index (χ0v) is 15.8. The Morgan fingerprint density at radius 1 is 1.04 bits per heavy atom. The highest BCUT2D eigenvalue weighted by molar-refractivity contribution is 5.85. The van der Waals surface area contributed by atoms with Gasteiger partial charge in [-0.2, -0.15) is 0 Å². The number of halogens is 1. The van der Waals surface area contributed by atoms with Crippen LogP contribution < -0.4 is 14.8 Å². The largest absolute Gasteiger partial charge is 0.490 e. The Labute approximate surface area is 152 Å². The van der Waals surface area contributed by atoms with E-state index >= 15 is 0 Å². The number of hydrogen-bond acceptors (Lipinski definition) is 4. The SMILES string of the molecule is CCOc1ccc(CN2CCC3(CCNCC3)C2)cc1OCC.Cl. The minimum atomic E-state index is 0. The zero-order valence-electron chi connectivity index (χ0n) is 15.0. The van der Waals surface area contributed by atoms with Crippen molar-refractivity contribution in [3.63, 3.8) is 0 Å². The maximum absolute atomic E-state index is 5.75. The molecule has 5 heteroatoms. The maximum atomic E-state index is 5.75. The summed E-state index contributed by atoms with van der Waals surface area (Å²) in [6, 6.07) is 6.39. The average molecular weight is 355 g/mol. The van der Waals surface area contributed by atoms with E-state index in [2.05, 4.69) is 28.4 Å². The van der Waals surface area contributed by atoms with Crippen molar-refractivity contribution < 1.29 is 9.47 Å². The van der Waals surface area contributed by atoms with Crippen molar-refractivity contribution in [1.82, 2.24) is 10.2 Å². The highest BCUT2D eigenvalue weighted by Gasteiger charge is 2.38. The minimum absolute atomic E-state index is 0. The van der Waals surface area contributed by atoms with Crippen LogP contribution in [0.2, 0.25) is 0 Å². The number of nitrogens with one attached hydrogen (secondary N) is 1. The number of hydrogen-bond donors (Lipinski definition) is 1. The van der Waals surface area contributed by atoms with Crippen LogP contribution in [-0.4, -0.2) is 44.3 Å². The summed E-state index contributed by atoms with van der Waals surface area (Å²) in [7, 11) is 0. The molecule has 1 spiro atoms. The number of piperidine rings is 1. The van der Waals surface area contributed by atoms with Gasteiger partial charge in [0.15, 0.2) is 11.5 Å². The van der Waals surface area contributed by atoms with Crippen molar-refractivity contribution in [2.24, 2.45) is 5.41 Å². The summed E-state index contributed by atoms with van der Waals surface area (Å²) in [6.07, 6.45) is 4.01. The molecular formula is C19H31ClN2O2. The Morgan fingerprint density at radius 3 is 2.46 bits per heavy atom. The van der Waals surface area contributed by atoms with Crippen LogP contribution in [0.15, 0.2) is 18.2 Å². The minimum Gasteiger partial charge on any atom is -0.490 e. The van der Waals surface area contributed by atoms with Gasteiger partial charge in [0, 0.05) is 13.1 Å². The Bertz CT molecular complexity index is 518. The topological polar surface area (TPSA) is 33.7 Å². The average Bonchev–Trinajstić information content (AvgIpc) is 2.93. The summed E-state index contributed by atoms with van der Waals surface area (Å²) in [5.74, 6) is 1.73. The van der Waals surface area contributed by atoms with Gasteiger partial charge in [-0.1, -0.05) is 6.07 Å². The molecule has 24 heavy (non-hydrogen) atoms. The number of nitrogens with zero attached hydrogens (tertiary/aromatic N) is 1. The van der Waals surface area contributed by atoms with Gasteiger partial charge in [-0.3, -0.25) is 4.90 Å². The van der Waals surface area contributed by atoms with Gasteiger partial charge in [-0.15, -0.1) is 12.4 Å². The van der Waals surface area contributed by atoms with E-state index in [1.54, 1.807) is 0 Å². The molecule has 0 aliphatic carbocycles. The van der Waals surface area contributed by atoms with Crippen LogP contribution in [0.25, 0.3) is 0 Å². The van der Waals surface area contributed by atoms with Crippen LogP contribution in [0.3, 0.4) is 0 Å². The first-order valence-electron chi connectivity index (χ1n) is 9.06. The van der Waals surface area contributed by atoms with E-state index in [0.29, 0.717) is 18.6 Å². The molecule has 0 unspecified atom stereocenters. The van der Waals surface area contributed by atoms with Gasteiger partial charge in [0.05, 0.1) is 13.2 Å². The second-order valence-corrected chi connectivity index (χ2v) is 6.86. The van der Waals surface area contributed by atoms with Gasteiger partial charge in [-0.25, -0.2) is 0 Å². The van der Waals surface area contributed by atoms with Crippen molar-refractivity contribution in [2.75, 3.05) is 39.4 Å². The highest BCUT2D eigenvalue weighted by Crippen LogP contribution is 2.39. The van der Waals surface area contributed by atoms with Crippen LogP contribution >= 0.6 is 12.4 Å². The third-order valence-corrected chi connectivity index (χ3v) is 5.20. The normalized spacial score (nSPS) is 19.9. The molecular weight excluding hydrogens is 324 g/mol. The van der Waals surface area contributed by atoms with Crippen LogP contribution in [-0.2, 0) is 6.54 Å². The van der Waals surface area contributed by atoms with Gasteiger partial charge >= 0.3 is 0 Å². The quantitative estimate of drug-likeness (QED) is 0.848. The Morgan fingerprint density at radius 2 is 1.75 bits per heavy atom. The van der Waals surface area contributed by atoms with Gasteiger partial charge < -0.3 is 14.8 Å². The van der Waals surface area contributed by atoms with E-state index in [-0.39, 0.29) is 12.4 Å². The molecule has 136 valence electrons. The molecule has 0 amide bonds. The second kappa shape index (κ2) is 8.93. The fraction of sp³-hybridized carbons (Fsp3) is 0.684. The van der Waals surface area contributed by atoms with Crippen LogP contribution in [0.1, 0.15) is 38.7 Å².